The Morgan fingerprint density at radius 2 is 2.44 bits per heavy atom. The molecule has 3 N–H and O–H groups in total. The van der Waals surface area contributed by atoms with Gasteiger partial charge in [-0.25, -0.2) is 0 Å². The van der Waals surface area contributed by atoms with E-state index in [-0.39, 0.29) is 18.9 Å². The fourth-order valence-corrected chi connectivity index (χ4v) is 1.96. The number of nitrogens with zero attached hydrogens (tertiary/aromatic N) is 1. The summed E-state index contributed by atoms with van der Waals surface area (Å²) in [6.07, 6.45) is 7.57. The summed E-state index contributed by atoms with van der Waals surface area (Å²) in [5.74, 6) is -0.397. The maximum Gasteiger partial charge on any atom is 0.246 e. The highest BCUT2D eigenvalue weighted by molar-refractivity contribution is 5.92. The monoisotopic (exact) mass is 224 g/mol. The summed E-state index contributed by atoms with van der Waals surface area (Å²) >= 11 is 0. The van der Waals surface area contributed by atoms with Gasteiger partial charge in [-0.15, -0.1) is 0 Å². The summed E-state index contributed by atoms with van der Waals surface area (Å²) in [5.41, 5.74) is 5.81. The summed E-state index contributed by atoms with van der Waals surface area (Å²) in [6.45, 7) is 0.0421. The second-order valence-electron chi connectivity index (χ2n) is 4.03. The van der Waals surface area contributed by atoms with Crippen LogP contribution in [0.15, 0.2) is 24.0 Å². The number of amides is 1. The van der Waals surface area contributed by atoms with Crippen molar-refractivity contribution in [3.63, 3.8) is 0 Å². The molecular weight excluding hydrogens is 208 g/mol. The van der Waals surface area contributed by atoms with Crippen LogP contribution in [0.25, 0.3) is 0 Å². The molecule has 1 amide bonds. The van der Waals surface area contributed by atoms with Crippen LogP contribution in [0.3, 0.4) is 0 Å². The number of carbonyl (C=O) groups excluding carboxylic acids is 1. The molecule has 0 bridgehead atoms. The lowest BCUT2D eigenvalue weighted by Crippen LogP contribution is -2.30. The third kappa shape index (κ3) is 2.25. The van der Waals surface area contributed by atoms with E-state index in [1.165, 1.54) is 0 Å². The Balaban J connectivity index is 2.02. The summed E-state index contributed by atoms with van der Waals surface area (Å²) in [4.78, 5) is 12.9. The van der Waals surface area contributed by atoms with Gasteiger partial charge in [-0.05, 0) is 19.3 Å². The second-order valence-corrected chi connectivity index (χ2v) is 4.03. The van der Waals surface area contributed by atoms with Gasteiger partial charge in [-0.1, -0.05) is 6.08 Å². The molecule has 0 aromatic carbocycles. The average molecular weight is 224 g/mol. The lowest BCUT2D eigenvalue weighted by atomic mass is 10.1. The number of hydrogen-bond donors (Lipinski definition) is 2. The Morgan fingerprint density at radius 3 is 3.06 bits per heavy atom. The number of hydrogen-bond acceptors (Lipinski definition) is 4. The zero-order valence-electron chi connectivity index (χ0n) is 9.00. The Morgan fingerprint density at radius 1 is 1.62 bits per heavy atom. The van der Waals surface area contributed by atoms with Gasteiger partial charge in [0.25, 0.3) is 0 Å². The highest BCUT2D eigenvalue weighted by atomic mass is 16.5. The van der Waals surface area contributed by atoms with Gasteiger partial charge < -0.3 is 20.5 Å². The zero-order chi connectivity index (χ0) is 11.5. The number of aliphatic hydroxyl groups excluding tert-OH is 1. The standard InChI is InChI=1S/C11H16N2O3/c12-11(15)8-2-1-5-13(6-8)10-4-3-9(7-14)16-10/h1,5-6,9-10,14H,2-4,7H2,(H2,12,15)/t9-,10?/m0/s1. The van der Waals surface area contributed by atoms with Crippen LogP contribution in [-0.2, 0) is 9.53 Å². The highest BCUT2D eigenvalue weighted by Crippen LogP contribution is 2.25. The number of aliphatic hydroxyl groups is 1. The number of ether oxygens (including phenoxy) is 1. The van der Waals surface area contributed by atoms with Gasteiger partial charge in [0.15, 0.2) is 0 Å². The lowest BCUT2D eigenvalue weighted by molar-refractivity contribution is -0.114. The minimum Gasteiger partial charge on any atom is -0.394 e. The molecule has 5 heteroatoms. The molecule has 0 aromatic heterocycles. The minimum atomic E-state index is -0.397. The van der Waals surface area contributed by atoms with E-state index in [0.717, 1.165) is 12.8 Å². The molecule has 2 heterocycles. The Kier molecular flexibility index (Phi) is 3.26. The predicted molar refractivity (Wildman–Crippen MR) is 57.9 cm³/mol. The first kappa shape index (κ1) is 11.2. The summed E-state index contributed by atoms with van der Waals surface area (Å²) in [5, 5.41) is 8.97. The molecule has 1 saturated heterocycles. The van der Waals surface area contributed by atoms with Crippen molar-refractivity contribution in [3.05, 3.63) is 24.0 Å². The van der Waals surface area contributed by atoms with E-state index in [2.05, 4.69) is 0 Å². The lowest BCUT2D eigenvalue weighted by Gasteiger charge is -2.26. The third-order valence-corrected chi connectivity index (χ3v) is 2.86. The normalized spacial score (nSPS) is 29.3. The van der Waals surface area contributed by atoms with Gasteiger partial charge in [0.2, 0.25) is 5.91 Å². The van der Waals surface area contributed by atoms with Crippen LogP contribution in [0.2, 0.25) is 0 Å². The van der Waals surface area contributed by atoms with Crippen molar-refractivity contribution >= 4 is 5.91 Å². The SMILES string of the molecule is NC(=O)C1=CN(C2CC[C@@H](CO)O2)C=CC1. The Labute approximate surface area is 94.2 Å². The molecule has 0 radical (unpaired) electrons. The summed E-state index contributed by atoms with van der Waals surface area (Å²) in [7, 11) is 0. The predicted octanol–water partition coefficient (Wildman–Crippen LogP) is 0.0724. The maximum absolute atomic E-state index is 11.0. The average Bonchev–Trinajstić information content (AvgIpc) is 2.77. The molecule has 0 saturated carbocycles. The second kappa shape index (κ2) is 4.67. The Hall–Kier alpha value is -1.33. The van der Waals surface area contributed by atoms with Crippen molar-refractivity contribution in [2.24, 2.45) is 5.73 Å². The fraction of sp³-hybridized carbons (Fsp3) is 0.545. The van der Waals surface area contributed by atoms with Crippen LogP contribution in [0.4, 0.5) is 0 Å². The molecule has 2 rings (SSSR count). The van der Waals surface area contributed by atoms with Crippen LogP contribution in [-0.4, -0.2) is 34.9 Å². The van der Waals surface area contributed by atoms with Gasteiger partial charge in [-0.3, -0.25) is 4.79 Å². The van der Waals surface area contributed by atoms with E-state index in [1.807, 2.05) is 17.2 Å². The first-order valence-corrected chi connectivity index (χ1v) is 5.41. The van der Waals surface area contributed by atoms with Crippen molar-refractivity contribution in [2.45, 2.75) is 31.6 Å². The Bertz CT molecular complexity index is 338. The van der Waals surface area contributed by atoms with E-state index in [9.17, 15) is 4.79 Å². The largest absolute Gasteiger partial charge is 0.394 e. The van der Waals surface area contributed by atoms with Gasteiger partial charge in [0, 0.05) is 18.0 Å². The summed E-state index contributed by atoms with van der Waals surface area (Å²) < 4.78 is 5.61. The molecule has 1 unspecified atom stereocenters. The highest BCUT2D eigenvalue weighted by Gasteiger charge is 2.28. The number of primary amides is 1. The van der Waals surface area contributed by atoms with Gasteiger partial charge in [0.1, 0.15) is 6.23 Å². The van der Waals surface area contributed by atoms with Crippen molar-refractivity contribution < 1.29 is 14.6 Å². The van der Waals surface area contributed by atoms with Crippen LogP contribution >= 0.6 is 0 Å². The number of rotatable bonds is 3. The smallest absolute Gasteiger partial charge is 0.246 e. The molecule has 5 nitrogen and oxygen atoms in total. The van der Waals surface area contributed by atoms with E-state index in [1.54, 1.807) is 6.20 Å². The van der Waals surface area contributed by atoms with E-state index in [4.69, 9.17) is 15.6 Å². The number of carbonyl (C=O) groups is 1. The van der Waals surface area contributed by atoms with E-state index in [0.29, 0.717) is 12.0 Å². The molecule has 0 aliphatic carbocycles. The van der Waals surface area contributed by atoms with Gasteiger partial charge >= 0.3 is 0 Å². The van der Waals surface area contributed by atoms with Crippen molar-refractivity contribution in [1.29, 1.82) is 0 Å². The third-order valence-electron chi connectivity index (χ3n) is 2.86. The molecule has 0 aromatic rings. The van der Waals surface area contributed by atoms with Gasteiger partial charge in [0.05, 0.1) is 12.7 Å². The number of nitrogens with two attached hydrogens (primary N) is 1. The summed E-state index contributed by atoms with van der Waals surface area (Å²) in [6, 6.07) is 0. The first-order valence-electron chi connectivity index (χ1n) is 5.41. The maximum atomic E-state index is 11.0. The van der Waals surface area contributed by atoms with Gasteiger partial charge in [-0.2, -0.15) is 0 Å². The molecule has 2 aliphatic heterocycles. The van der Waals surface area contributed by atoms with Crippen molar-refractivity contribution in [3.8, 4) is 0 Å². The molecule has 1 fully saturated rings. The van der Waals surface area contributed by atoms with Crippen LogP contribution in [0, 0.1) is 0 Å². The topological polar surface area (TPSA) is 75.8 Å². The quantitative estimate of drug-likeness (QED) is 0.711. The molecule has 16 heavy (non-hydrogen) atoms. The first-order chi connectivity index (χ1) is 7.70. The molecule has 0 spiro atoms. The molecule has 88 valence electrons. The minimum absolute atomic E-state index is 0.0421. The molecule has 2 aliphatic rings. The van der Waals surface area contributed by atoms with Crippen LogP contribution in [0.5, 0.6) is 0 Å². The van der Waals surface area contributed by atoms with Crippen LogP contribution in [0.1, 0.15) is 19.3 Å². The van der Waals surface area contributed by atoms with Crippen molar-refractivity contribution in [2.75, 3.05) is 6.61 Å². The molecular formula is C11H16N2O3. The molecule has 2 atom stereocenters. The van der Waals surface area contributed by atoms with E-state index >= 15 is 0 Å². The fourth-order valence-electron chi connectivity index (χ4n) is 1.96. The van der Waals surface area contributed by atoms with Crippen molar-refractivity contribution in [1.82, 2.24) is 4.90 Å². The zero-order valence-corrected chi connectivity index (χ0v) is 9.00. The number of allylic oxidation sites excluding steroid dienone is 1. The van der Waals surface area contributed by atoms with Crippen LogP contribution < -0.4 is 5.73 Å². The van der Waals surface area contributed by atoms with E-state index < -0.39 is 5.91 Å².